The molecule has 0 unspecified atom stereocenters. The van der Waals surface area contributed by atoms with E-state index >= 15 is 0 Å². The van der Waals surface area contributed by atoms with Gasteiger partial charge in [-0.25, -0.2) is 0 Å². The number of aromatic nitrogens is 4. The largest absolute Gasteiger partial charge is 0.496 e. The summed E-state index contributed by atoms with van der Waals surface area (Å²) in [7, 11) is 1.62. The van der Waals surface area contributed by atoms with Crippen molar-refractivity contribution in [3.05, 3.63) is 46.3 Å². The summed E-state index contributed by atoms with van der Waals surface area (Å²) >= 11 is 7.59. The van der Waals surface area contributed by atoms with Crippen LogP contribution in [0.1, 0.15) is 5.56 Å². The molecule has 3 rings (SSSR count). The first-order chi connectivity index (χ1) is 9.76. The number of benzene rings is 1. The molecule has 0 aliphatic rings. The summed E-state index contributed by atoms with van der Waals surface area (Å²) in [6.45, 7) is 0.460. The summed E-state index contributed by atoms with van der Waals surface area (Å²) in [5.74, 6) is 1.38. The molecule has 20 heavy (non-hydrogen) atoms. The van der Waals surface area contributed by atoms with Crippen molar-refractivity contribution in [2.24, 2.45) is 0 Å². The fraction of sp³-hybridized carbons (Fsp3) is 0.154. The van der Waals surface area contributed by atoms with Crippen molar-refractivity contribution in [3.63, 3.8) is 0 Å². The number of hydrogen-bond donors (Lipinski definition) is 0. The third-order valence-corrected chi connectivity index (χ3v) is 3.85. The molecule has 2 aromatic heterocycles. The number of thiophene rings is 1. The molecule has 0 fully saturated rings. The number of hydrogen-bond acceptors (Lipinski definition) is 5. The molecule has 0 spiro atoms. The molecular weight excluding hydrogens is 296 g/mol. The van der Waals surface area contributed by atoms with Gasteiger partial charge in [0.1, 0.15) is 5.75 Å². The topological polar surface area (TPSA) is 52.8 Å². The van der Waals surface area contributed by atoms with Crippen LogP contribution in [0.4, 0.5) is 0 Å². The first-order valence-corrected chi connectivity index (χ1v) is 7.16. The second-order valence-electron chi connectivity index (χ2n) is 4.08. The van der Waals surface area contributed by atoms with E-state index in [0.29, 0.717) is 17.4 Å². The van der Waals surface area contributed by atoms with Gasteiger partial charge in [0.25, 0.3) is 0 Å². The maximum Gasteiger partial charge on any atom is 0.214 e. The van der Waals surface area contributed by atoms with E-state index < -0.39 is 0 Å². The maximum absolute atomic E-state index is 6.01. The normalized spacial score (nSPS) is 10.7. The summed E-state index contributed by atoms with van der Waals surface area (Å²) < 4.78 is 5.31. The van der Waals surface area contributed by atoms with Crippen molar-refractivity contribution >= 4 is 22.9 Å². The van der Waals surface area contributed by atoms with Gasteiger partial charge in [0.05, 0.1) is 18.5 Å². The molecule has 0 saturated carbocycles. The van der Waals surface area contributed by atoms with Crippen molar-refractivity contribution in [2.45, 2.75) is 6.54 Å². The highest BCUT2D eigenvalue weighted by Crippen LogP contribution is 2.24. The van der Waals surface area contributed by atoms with E-state index in [1.807, 2.05) is 29.6 Å². The van der Waals surface area contributed by atoms with E-state index in [0.717, 1.165) is 16.2 Å². The van der Waals surface area contributed by atoms with Crippen molar-refractivity contribution in [3.8, 4) is 16.5 Å². The molecule has 0 amide bonds. The highest BCUT2D eigenvalue weighted by molar-refractivity contribution is 7.13. The molecule has 2 heterocycles. The fourth-order valence-electron chi connectivity index (χ4n) is 1.84. The zero-order valence-electron chi connectivity index (χ0n) is 10.7. The van der Waals surface area contributed by atoms with Crippen LogP contribution in [0.25, 0.3) is 10.7 Å². The Balaban J connectivity index is 1.87. The van der Waals surface area contributed by atoms with Crippen molar-refractivity contribution in [1.82, 2.24) is 20.2 Å². The first-order valence-electron chi connectivity index (χ1n) is 5.90. The van der Waals surface area contributed by atoms with Crippen LogP contribution in [0.5, 0.6) is 5.75 Å². The molecule has 5 nitrogen and oxygen atoms in total. The van der Waals surface area contributed by atoms with Crippen LogP contribution < -0.4 is 4.74 Å². The second kappa shape index (κ2) is 5.60. The predicted octanol–water partition coefficient (Wildman–Crippen LogP) is 3.11. The number of halogens is 1. The Bertz CT molecular complexity index is 711. The molecule has 1 aromatic carbocycles. The molecule has 0 aliphatic carbocycles. The van der Waals surface area contributed by atoms with E-state index in [4.69, 9.17) is 16.3 Å². The van der Waals surface area contributed by atoms with Gasteiger partial charge in [-0.15, -0.1) is 21.5 Å². The molecule has 102 valence electrons. The van der Waals surface area contributed by atoms with Gasteiger partial charge in [-0.3, -0.25) is 0 Å². The zero-order valence-corrected chi connectivity index (χ0v) is 12.2. The van der Waals surface area contributed by atoms with Crippen LogP contribution in [-0.4, -0.2) is 27.3 Å². The minimum absolute atomic E-state index is 0.460. The monoisotopic (exact) mass is 306 g/mol. The van der Waals surface area contributed by atoms with Crippen LogP contribution in [0, 0.1) is 0 Å². The van der Waals surface area contributed by atoms with E-state index in [9.17, 15) is 0 Å². The maximum atomic E-state index is 6.01. The average Bonchev–Trinajstić information content (AvgIpc) is 3.09. The van der Waals surface area contributed by atoms with Gasteiger partial charge in [0, 0.05) is 10.6 Å². The Morgan fingerprint density at radius 3 is 3.00 bits per heavy atom. The molecule has 0 radical (unpaired) electrons. The highest BCUT2D eigenvalue weighted by atomic mass is 35.5. The van der Waals surface area contributed by atoms with Crippen molar-refractivity contribution in [1.29, 1.82) is 0 Å². The van der Waals surface area contributed by atoms with Crippen molar-refractivity contribution in [2.75, 3.05) is 7.11 Å². The smallest absolute Gasteiger partial charge is 0.214 e. The number of methoxy groups -OCH3 is 1. The lowest BCUT2D eigenvalue weighted by Gasteiger charge is -2.07. The lowest BCUT2D eigenvalue weighted by atomic mass is 10.2. The van der Waals surface area contributed by atoms with Gasteiger partial charge in [-0.2, -0.15) is 4.80 Å². The standard InChI is InChI=1S/C13H11ClN4OS/c1-19-11-5-4-10(14)7-9(11)8-18-16-13(15-17-18)12-3-2-6-20-12/h2-7H,8H2,1H3. The van der Waals surface area contributed by atoms with Gasteiger partial charge in [0.2, 0.25) is 5.82 Å². The fourth-order valence-corrected chi connectivity index (χ4v) is 2.68. The number of nitrogens with zero attached hydrogens (tertiary/aromatic N) is 4. The summed E-state index contributed by atoms with van der Waals surface area (Å²) in [6, 6.07) is 9.38. The second-order valence-corrected chi connectivity index (χ2v) is 5.46. The molecule has 0 saturated heterocycles. The third-order valence-electron chi connectivity index (χ3n) is 2.75. The van der Waals surface area contributed by atoms with E-state index in [1.165, 1.54) is 4.80 Å². The van der Waals surface area contributed by atoms with Gasteiger partial charge < -0.3 is 4.74 Å². The van der Waals surface area contributed by atoms with Crippen molar-refractivity contribution < 1.29 is 4.74 Å². The van der Waals surface area contributed by atoms with Gasteiger partial charge in [-0.1, -0.05) is 17.7 Å². The highest BCUT2D eigenvalue weighted by Gasteiger charge is 2.10. The Morgan fingerprint density at radius 1 is 1.35 bits per heavy atom. The summed E-state index contributed by atoms with van der Waals surface area (Å²) in [4.78, 5) is 2.53. The Morgan fingerprint density at radius 2 is 2.25 bits per heavy atom. The molecule has 3 aromatic rings. The number of tetrazole rings is 1. The molecule has 0 aliphatic heterocycles. The number of ether oxygens (including phenoxy) is 1. The Hall–Kier alpha value is -1.92. The zero-order chi connectivity index (χ0) is 13.9. The van der Waals surface area contributed by atoms with Gasteiger partial charge in [-0.05, 0) is 34.9 Å². The summed E-state index contributed by atoms with van der Waals surface area (Å²) in [5.41, 5.74) is 0.912. The molecule has 0 N–H and O–H groups in total. The lowest BCUT2D eigenvalue weighted by molar-refractivity contribution is 0.405. The average molecular weight is 307 g/mol. The molecular formula is C13H11ClN4OS. The predicted molar refractivity (Wildman–Crippen MR) is 78.2 cm³/mol. The van der Waals surface area contributed by atoms with Crippen LogP contribution in [0.2, 0.25) is 5.02 Å². The third kappa shape index (κ3) is 2.66. The minimum atomic E-state index is 0.460. The van der Waals surface area contributed by atoms with E-state index in [-0.39, 0.29) is 0 Å². The van der Waals surface area contributed by atoms with Crippen LogP contribution in [0.15, 0.2) is 35.7 Å². The van der Waals surface area contributed by atoms with E-state index in [2.05, 4.69) is 15.4 Å². The lowest BCUT2D eigenvalue weighted by Crippen LogP contribution is -2.05. The van der Waals surface area contributed by atoms with E-state index in [1.54, 1.807) is 24.5 Å². The minimum Gasteiger partial charge on any atom is -0.496 e. The van der Waals surface area contributed by atoms with Crippen LogP contribution >= 0.6 is 22.9 Å². The van der Waals surface area contributed by atoms with Crippen LogP contribution in [-0.2, 0) is 6.54 Å². The van der Waals surface area contributed by atoms with Gasteiger partial charge in [0.15, 0.2) is 0 Å². The molecule has 0 bridgehead atoms. The SMILES string of the molecule is COc1ccc(Cl)cc1Cn1nnc(-c2cccs2)n1. The Kier molecular flexibility index (Phi) is 3.66. The Labute approximate surface area is 124 Å². The van der Waals surface area contributed by atoms with Gasteiger partial charge >= 0.3 is 0 Å². The summed E-state index contributed by atoms with van der Waals surface area (Å²) in [5, 5.41) is 15.1. The summed E-state index contributed by atoms with van der Waals surface area (Å²) in [6.07, 6.45) is 0. The molecule has 0 atom stereocenters. The molecule has 7 heteroatoms. The number of rotatable bonds is 4. The van der Waals surface area contributed by atoms with Crippen LogP contribution in [0.3, 0.4) is 0 Å². The first kappa shape index (κ1) is 13.1. The quantitative estimate of drug-likeness (QED) is 0.743.